The first-order valence-electron chi connectivity index (χ1n) is 10.0. The molecule has 8 nitrogen and oxygen atoms in total. The molecule has 1 aliphatic heterocycles. The van der Waals surface area contributed by atoms with E-state index in [-0.39, 0.29) is 48.0 Å². The normalized spacial score (nSPS) is 15.6. The van der Waals surface area contributed by atoms with E-state index in [9.17, 15) is 21.6 Å². The van der Waals surface area contributed by atoms with Gasteiger partial charge in [-0.25, -0.2) is 21.6 Å². The van der Waals surface area contributed by atoms with Crippen molar-refractivity contribution in [3.05, 3.63) is 54.0 Å². The van der Waals surface area contributed by atoms with Crippen molar-refractivity contribution in [2.45, 2.75) is 48.5 Å². The highest BCUT2D eigenvalue weighted by molar-refractivity contribution is 7.91. The van der Waals surface area contributed by atoms with E-state index in [1.54, 1.807) is 36.4 Å². The van der Waals surface area contributed by atoms with Gasteiger partial charge >= 0.3 is 0 Å². The van der Waals surface area contributed by atoms with Gasteiger partial charge in [0.1, 0.15) is 11.5 Å². The second kappa shape index (κ2) is 8.76. The van der Waals surface area contributed by atoms with Gasteiger partial charge < -0.3 is 9.32 Å². The number of carbonyl (C=O) groups excluding carboxylic acids is 1. The van der Waals surface area contributed by atoms with E-state index in [0.29, 0.717) is 5.76 Å². The summed E-state index contributed by atoms with van der Waals surface area (Å²) in [7, 11) is -7.13. The van der Waals surface area contributed by atoms with Gasteiger partial charge in [0.05, 0.1) is 16.4 Å². The molecule has 1 amide bonds. The van der Waals surface area contributed by atoms with Crippen molar-refractivity contribution in [3.63, 3.8) is 0 Å². The minimum atomic E-state index is -3.72. The van der Waals surface area contributed by atoms with Gasteiger partial charge in [-0.1, -0.05) is 32.9 Å². The average Bonchev–Trinajstić information content (AvgIpc) is 3.11. The van der Waals surface area contributed by atoms with Gasteiger partial charge in [-0.05, 0) is 35.2 Å². The Kier molecular flexibility index (Phi) is 6.64. The fourth-order valence-corrected chi connectivity index (χ4v) is 5.89. The second-order valence-corrected chi connectivity index (χ2v) is 12.8. The minimum absolute atomic E-state index is 0.0374. The number of sulfonamides is 1. The molecule has 0 bridgehead atoms. The first kappa shape index (κ1) is 23.5. The molecule has 1 aromatic carbocycles. The number of carbonyl (C=O) groups is 1. The van der Waals surface area contributed by atoms with E-state index in [4.69, 9.17) is 4.42 Å². The van der Waals surface area contributed by atoms with Gasteiger partial charge in [-0.2, -0.15) is 0 Å². The van der Waals surface area contributed by atoms with E-state index < -0.39 is 25.1 Å². The Morgan fingerprint density at radius 3 is 2.29 bits per heavy atom. The summed E-state index contributed by atoms with van der Waals surface area (Å²) in [6, 6.07) is 9.89. The molecule has 170 valence electrons. The molecule has 0 radical (unpaired) electrons. The van der Waals surface area contributed by atoms with E-state index in [2.05, 4.69) is 4.72 Å². The van der Waals surface area contributed by atoms with Crippen molar-refractivity contribution in [3.8, 4) is 0 Å². The van der Waals surface area contributed by atoms with E-state index >= 15 is 0 Å². The third-order valence-corrected chi connectivity index (χ3v) is 8.77. The van der Waals surface area contributed by atoms with Crippen LogP contribution < -0.4 is 4.72 Å². The standard InChI is InChI=1S/C21H28N2O6S2/c1-21(2,3)16-6-8-18(9-7-16)31(27,28)22-11-10-20(24)23-13-19(14-23)30(25,26)15-17-5-4-12-29-17/h4-9,12,19,22H,10-11,13-15H2,1-3H3. The monoisotopic (exact) mass is 468 g/mol. The highest BCUT2D eigenvalue weighted by Crippen LogP contribution is 2.24. The van der Waals surface area contributed by atoms with Crippen molar-refractivity contribution < 1.29 is 26.0 Å². The van der Waals surface area contributed by atoms with Crippen molar-refractivity contribution in [2.24, 2.45) is 0 Å². The molecule has 2 heterocycles. The number of nitrogens with one attached hydrogen (secondary N) is 1. The number of rotatable bonds is 8. The maximum absolute atomic E-state index is 12.4. The van der Waals surface area contributed by atoms with Crippen LogP contribution >= 0.6 is 0 Å². The SMILES string of the molecule is CC(C)(C)c1ccc(S(=O)(=O)NCCC(=O)N2CC(S(=O)(=O)Cc3ccco3)C2)cc1. The zero-order chi connectivity index (χ0) is 22.9. The lowest BCUT2D eigenvalue weighted by Crippen LogP contribution is -2.57. The van der Waals surface area contributed by atoms with E-state index in [1.807, 2.05) is 20.8 Å². The van der Waals surface area contributed by atoms with Crippen LogP contribution in [0.5, 0.6) is 0 Å². The first-order valence-corrected chi connectivity index (χ1v) is 13.2. The molecule has 0 aliphatic carbocycles. The Hall–Kier alpha value is -2.17. The number of sulfone groups is 1. The summed E-state index contributed by atoms with van der Waals surface area (Å²) in [6.07, 6.45) is 1.38. The van der Waals surface area contributed by atoms with Crippen LogP contribution in [0.4, 0.5) is 0 Å². The minimum Gasteiger partial charge on any atom is -0.468 e. The molecule has 31 heavy (non-hydrogen) atoms. The third-order valence-electron chi connectivity index (χ3n) is 5.29. The number of hydrogen-bond donors (Lipinski definition) is 1. The van der Waals surface area contributed by atoms with Gasteiger partial charge in [0.25, 0.3) is 0 Å². The molecule has 1 aliphatic rings. The van der Waals surface area contributed by atoms with Gasteiger partial charge in [0.2, 0.25) is 15.9 Å². The maximum atomic E-state index is 12.4. The van der Waals surface area contributed by atoms with Crippen LogP contribution in [0.25, 0.3) is 0 Å². The fraction of sp³-hybridized carbons (Fsp3) is 0.476. The molecule has 0 atom stereocenters. The van der Waals surface area contributed by atoms with Crippen molar-refractivity contribution in [1.29, 1.82) is 0 Å². The molecule has 0 saturated carbocycles. The lowest BCUT2D eigenvalue weighted by Gasteiger charge is -2.38. The Bertz CT molecular complexity index is 1110. The molecular weight excluding hydrogens is 440 g/mol. The molecule has 1 fully saturated rings. The van der Waals surface area contributed by atoms with Crippen LogP contribution in [-0.2, 0) is 35.8 Å². The van der Waals surface area contributed by atoms with Crippen LogP contribution in [0.3, 0.4) is 0 Å². The van der Waals surface area contributed by atoms with Gasteiger partial charge in [0.15, 0.2) is 9.84 Å². The van der Waals surface area contributed by atoms with Crippen LogP contribution in [-0.4, -0.2) is 52.5 Å². The van der Waals surface area contributed by atoms with Crippen LogP contribution in [0.15, 0.2) is 52.0 Å². The quantitative estimate of drug-likeness (QED) is 0.634. The van der Waals surface area contributed by atoms with Gasteiger partial charge in [-0.3, -0.25) is 4.79 Å². The van der Waals surface area contributed by atoms with Crippen LogP contribution in [0.2, 0.25) is 0 Å². The van der Waals surface area contributed by atoms with E-state index in [1.165, 1.54) is 11.2 Å². The number of likely N-dealkylation sites (tertiary alicyclic amines) is 1. The largest absolute Gasteiger partial charge is 0.468 e. The summed E-state index contributed by atoms with van der Waals surface area (Å²) in [5, 5.41) is -0.625. The highest BCUT2D eigenvalue weighted by Gasteiger charge is 2.39. The van der Waals surface area contributed by atoms with Crippen LogP contribution in [0, 0.1) is 0 Å². The molecule has 1 N–H and O–H groups in total. The Balaban J connectivity index is 1.46. The molecule has 3 rings (SSSR count). The molecule has 0 spiro atoms. The Morgan fingerprint density at radius 2 is 1.74 bits per heavy atom. The fourth-order valence-electron chi connectivity index (χ4n) is 3.25. The third kappa shape index (κ3) is 5.75. The molecule has 0 unspecified atom stereocenters. The zero-order valence-corrected chi connectivity index (χ0v) is 19.5. The molecule has 2 aromatic rings. The zero-order valence-electron chi connectivity index (χ0n) is 17.9. The summed E-state index contributed by atoms with van der Waals surface area (Å²) in [4.78, 5) is 13.8. The second-order valence-electron chi connectivity index (χ2n) is 8.73. The Morgan fingerprint density at radius 1 is 1.10 bits per heavy atom. The predicted octanol–water partition coefficient (Wildman–Crippen LogP) is 2.07. The summed E-state index contributed by atoms with van der Waals surface area (Å²) in [6.45, 7) is 6.31. The van der Waals surface area contributed by atoms with E-state index in [0.717, 1.165) is 5.56 Å². The average molecular weight is 469 g/mol. The Labute approximate surface area is 183 Å². The smallest absolute Gasteiger partial charge is 0.240 e. The summed E-state index contributed by atoms with van der Waals surface area (Å²) in [5.74, 6) is -0.106. The highest BCUT2D eigenvalue weighted by atomic mass is 32.2. The van der Waals surface area contributed by atoms with Crippen molar-refractivity contribution in [1.82, 2.24) is 9.62 Å². The molecule has 1 aromatic heterocycles. The van der Waals surface area contributed by atoms with Crippen molar-refractivity contribution in [2.75, 3.05) is 19.6 Å². The van der Waals surface area contributed by atoms with Crippen molar-refractivity contribution >= 4 is 25.8 Å². The van der Waals surface area contributed by atoms with Gasteiger partial charge in [0, 0.05) is 26.1 Å². The number of nitrogens with zero attached hydrogens (tertiary/aromatic N) is 1. The number of amides is 1. The summed E-state index contributed by atoms with van der Waals surface area (Å²) in [5.41, 5.74) is 0.943. The molecule has 1 saturated heterocycles. The van der Waals surface area contributed by atoms with Crippen LogP contribution in [0.1, 0.15) is 38.5 Å². The lowest BCUT2D eigenvalue weighted by atomic mass is 9.87. The maximum Gasteiger partial charge on any atom is 0.240 e. The molecular formula is C21H28N2O6S2. The topological polar surface area (TPSA) is 114 Å². The number of hydrogen-bond acceptors (Lipinski definition) is 6. The first-order chi connectivity index (χ1) is 14.4. The summed E-state index contributed by atoms with van der Waals surface area (Å²) >= 11 is 0. The number of benzene rings is 1. The lowest BCUT2D eigenvalue weighted by molar-refractivity contribution is -0.134. The summed E-state index contributed by atoms with van der Waals surface area (Å²) < 4.78 is 57.1. The molecule has 10 heteroatoms. The number of furan rings is 1. The van der Waals surface area contributed by atoms with Gasteiger partial charge in [-0.15, -0.1) is 0 Å². The predicted molar refractivity (Wildman–Crippen MR) is 117 cm³/mol.